The topological polar surface area (TPSA) is 45.7 Å². The number of carbonyl (C=O) groups excluding carboxylic acids is 1. The SMILES string of the molecule is CC(C)N1CC2CC1C(=O)N(Cc1ccccn1)c1ccccc1O2. The fourth-order valence-electron chi connectivity index (χ4n) is 3.79. The van der Waals surface area contributed by atoms with E-state index < -0.39 is 0 Å². The number of anilines is 1. The lowest BCUT2D eigenvalue weighted by molar-refractivity contribution is -0.123. The standard InChI is InChI=1S/C20H23N3O2/c1-14(2)22-13-16-11-18(22)20(24)23(12-15-7-5-6-10-21-15)17-8-3-4-9-19(17)25-16/h3-10,14,16,18H,11-13H2,1-2H3. The first-order valence-electron chi connectivity index (χ1n) is 8.86. The summed E-state index contributed by atoms with van der Waals surface area (Å²) in [6, 6.07) is 13.8. The Bertz CT molecular complexity index is 763. The molecule has 5 heteroatoms. The van der Waals surface area contributed by atoms with Crippen LogP contribution < -0.4 is 9.64 Å². The molecule has 0 spiro atoms. The normalized spacial score (nSPS) is 23.2. The van der Waals surface area contributed by atoms with E-state index in [9.17, 15) is 4.79 Å². The molecule has 0 radical (unpaired) electrons. The lowest BCUT2D eigenvalue weighted by Crippen LogP contribution is -2.48. The maximum Gasteiger partial charge on any atom is 0.244 e. The van der Waals surface area contributed by atoms with Gasteiger partial charge in [-0.2, -0.15) is 0 Å². The first kappa shape index (κ1) is 16.1. The molecule has 130 valence electrons. The summed E-state index contributed by atoms with van der Waals surface area (Å²) in [7, 11) is 0. The van der Waals surface area contributed by atoms with Gasteiger partial charge in [0.05, 0.1) is 24.0 Å². The van der Waals surface area contributed by atoms with Crippen LogP contribution in [0.2, 0.25) is 0 Å². The molecule has 1 amide bonds. The van der Waals surface area contributed by atoms with E-state index in [1.165, 1.54) is 0 Å². The summed E-state index contributed by atoms with van der Waals surface area (Å²) in [5, 5.41) is 0. The van der Waals surface area contributed by atoms with Gasteiger partial charge in [0.15, 0.2) is 0 Å². The van der Waals surface area contributed by atoms with Gasteiger partial charge < -0.3 is 9.64 Å². The second kappa shape index (κ2) is 6.48. The average molecular weight is 337 g/mol. The van der Waals surface area contributed by atoms with E-state index in [0.717, 1.165) is 30.1 Å². The van der Waals surface area contributed by atoms with E-state index in [1.54, 1.807) is 6.20 Å². The van der Waals surface area contributed by atoms with Crippen molar-refractivity contribution < 1.29 is 9.53 Å². The van der Waals surface area contributed by atoms with Gasteiger partial charge in [0.2, 0.25) is 5.91 Å². The van der Waals surface area contributed by atoms with Crippen LogP contribution in [0.5, 0.6) is 5.75 Å². The van der Waals surface area contributed by atoms with E-state index in [4.69, 9.17) is 4.74 Å². The van der Waals surface area contributed by atoms with Crippen LogP contribution in [0.15, 0.2) is 48.7 Å². The molecule has 1 aromatic carbocycles. The molecule has 1 saturated heterocycles. The van der Waals surface area contributed by atoms with Crippen molar-refractivity contribution in [3.63, 3.8) is 0 Å². The molecule has 0 aliphatic carbocycles. The molecule has 2 unspecified atom stereocenters. The van der Waals surface area contributed by atoms with Crippen LogP contribution in [0, 0.1) is 0 Å². The number of pyridine rings is 1. The predicted molar refractivity (Wildman–Crippen MR) is 96.5 cm³/mol. The third kappa shape index (κ3) is 3.00. The summed E-state index contributed by atoms with van der Waals surface area (Å²) < 4.78 is 6.27. The summed E-state index contributed by atoms with van der Waals surface area (Å²) in [6.45, 7) is 5.51. The van der Waals surface area contributed by atoms with Crippen LogP contribution in [0.25, 0.3) is 0 Å². The fourth-order valence-corrected chi connectivity index (χ4v) is 3.79. The van der Waals surface area contributed by atoms with E-state index >= 15 is 0 Å². The minimum atomic E-state index is -0.137. The van der Waals surface area contributed by atoms with Crippen molar-refractivity contribution in [1.82, 2.24) is 9.88 Å². The molecule has 0 N–H and O–H groups in total. The molecule has 2 aliphatic rings. The quantitative estimate of drug-likeness (QED) is 0.864. The number of para-hydroxylation sites is 2. The van der Waals surface area contributed by atoms with Gasteiger partial charge in [-0.1, -0.05) is 18.2 Å². The van der Waals surface area contributed by atoms with Gasteiger partial charge >= 0.3 is 0 Å². The van der Waals surface area contributed by atoms with E-state index in [1.807, 2.05) is 47.4 Å². The fraction of sp³-hybridized carbons (Fsp3) is 0.400. The molecule has 2 aromatic rings. The zero-order valence-corrected chi connectivity index (χ0v) is 14.6. The smallest absolute Gasteiger partial charge is 0.244 e. The molecule has 25 heavy (non-hydrogen) atoms. The van der Waals surface area contributed by atoms with E-state index in [-0.39, 0.29) is 18.1 Å². The Hall–Kier alpha value is -2.40. The maximum atomic E-state index is 13.4. The van der Waals surface area contributed by atoms with Crippen LogP contribution in [0.1, 0.15) is 26.0 Å². The number of amides is 1. The monoisotopic (exact) mass is 337 g/mol. The van der Waals surface area contributed by atoms with Crippen LogP contribution >= 0.6 is 0 Å². The molecule has 2 bridgehead atoms. The number of aromatic nitrogens is 1. The summed E-state index contributed by atoms with van der Waals surface area (Å²) in [6.07, 6.45) is 2.57. The van der Waals surface area contributed by atoms with Crippen molar-refractivity contribution >= 4 is 11.6 Å². The Morgan fingerprint density at radius 1 is 1.20 bits per heavy atom. The minimum Gasteiger partial charge on any atom is -0.487 e. The largest absolute Gasteiger partial charge is 0.487 e. The summed E-state index contributed by atoms with van der Waals surface area (Å²) in [5.74, 6) is 0.915. The van der Waals surface area contributed by atoms with Crippen molar-refractivity contribution in [2.45, 2.75) is 45.0 Å². The number of rotatable bonds is 3. The molecule has 1 fully saturated rings. The van der Waals surface area contributed by atoms with Gasteiger partial charge in [0.1, 0.15) is 11.9 Å². The molecule has 4 rings (SSSR count). The lowest BCUT2D eigenvalue weighted by atomic mass is 10.1. The molecule has 2 atom stereocenters. The van der Waals surface area contributed by atoms with Crippen molar-refractivity contribution in [3.8, 4) is 5.75 Å². The summed E-state index contributed by atoms with van der Waals surface area (Å²) in [5.41, 5.74) is 1.70. The number of carbonyl (C=O) groups is 1. The van der Waals surface area contributed by atoms with Crippen LogP contribution in [0.4, 0.5) is 5.69 Å². The number of hydrogen-bond donors (Lipinski definition) is 0. The van der Waals surface area contributed by atoms with Gasteiger partial charge in [-0.15, -0.1) is 0 Å². The number of likely N-dealkylation sites (tertiary alicyclic amines) is 1. The van der Waals surface area contributed by atoms with Crippen molar-refractivity contribution in [1.29, 1.82) is 0 Å². The Morgan fingerprint density at radius 2 is 2.00 bits per heavy atom. The van der Waals surface area contributed by atoms with Crippen molar-refractivity contribution in [2.24, 2.45) is 0 Å². The van der Waals surface area contributed by atoms with Gasteiger partial charge in [-0.25, -0.2) is 0 Å². The molecular weight excluding hydrogens is 314 g/mol. The number of ether oxygens (including phenoxy) is 1. The zero-order valence-electron chi connectivity index (χ0n) is 14.6. The lowest BCUT2D eigenvalue weighted by Gasteiger charge is -2.32. The Balaban J connectivity index is 1.75. The van der Waals surface area contributed by atoms with Gasteiger partial charge in [-0.3, -0.25) is 14.7 Å². The molecule has 0 saturated carbocycles. The van der Waals surface area contributed by atoms with Gasteiger partial charge in [-0.05, 0) is 38.1 Å². The molecule has 5 nitrogen and oxygen atoms in total. The van der Waals surface area contributed by atoms with Gasteiger partial charge in [0, 0.05) is 25.2 Å². The highest BCUT2D eigenvalue weighted by Gasteiger charge is 2.43. The first-order valence-corrected chi connectivity index (χ1v) is 8.86. The van der Waals surface area contributed by atoms with Crippen LogP contribution in [-0.2, 0) is 11.3 Å². The second-order valence-corrected chi connectivity index (χ2v) is 7.00. The third-order valence-corrected chi connectivity index (χ3v) is 5.01. The molecule has 2 aliphatic heterocycles. The van der Waals surface area contributed by atoms with Crippen molar-refractivity contribution in [2.75, 3.05) is 11.4 Å². The van der Waals surface area contributed by atoms with E-state index in [2.05, 4.69) is 23.7 Å². The molecule has 1 aromatic heterocycles. The molecular formula is C20H23N3O2. The number of benzene rings is 1. The Labute approximate surface area is 148 Å². The minimum absolute atomic E-state index is 0.0644. The number of nitrogens with zero attached hydrogens (tertiary/aromatic N) is 3. The maximum absolute atomic E-state index is 13.4. The number of hydrogen-bond acceptors (Lipinski definition) is 4. The van der Waals surface area contributed by atoms with E-state index in [0.29, 0.717) is 12.6 Å². The summed E-state index contributed by atoms with van der Waals surface area (Å²) >= 11 is 0. The zero-order chi connectivity index (χ0) is 17.4. The number of fused-ring (bicyclic) bond motifs is 3. The second-order valence-electron chi connectivity index (χ2n) is 7.00. The van der Waals surface area contributed by atoms with Gasteiger partial charge in [0.25, 0.3) is 0 Å². The highest BCUT2D eigenvalue weighted by Crippen LogP contribution is 2.37. The Kier molecular flexibility index (Phi) is 4.17. The highest BCUT2D eigenvalue weighted by molar-refractivity contribution is 5.99. The average Bonchev–Trinajstić information content (AvgIpc) is 3.05. The molecule has 3 heterocycles. The first-order chi connectivity index (χ1) is 12.1. The highest BCUT2D eigenvalue weighted by atomic mass is 16.5. The summed E-state index contributed by atoms with van der Waals surface area (Å²) in [4.78, 5) is 21.9. The van der Waals surface area contributed by atoms with Crippen molar-refractivity contribution in [3.05, 3.63) is 54.4 Å². The van der Waals surface area contributed by atoms with Crippen LogP contribution in [-0.4, -0.2) is 40.5 Å². The van der Waals surface area contributed by atoms with Crippen LogP contribution in [0.3, 0.4) is 0 Å². The predicted octanol–water partition coefficient (Wildman–Crippen LogP) is 2.86. The third-order valence-electron chi connectivity index (χ3n) is 5.01. The Morgan fingerprint density at radius 3 is 2.76 bits per heavy atom.